The van der Waals surface area contributed by atoms with E-state index >= 15 is 0 Å². The van der Waals surface area contributed by atoms with E-state index in [2.05, 4.69) is 24.8 Å². The van der Waals surface area contributed by atoms with Crippen molar-refractivity contribution in [2.24, 2.45) is 0 Å². The molecular weight excluding hydrogens is 230 g/mol. The molecule has 17 heavy (non-hydrogen) atoms. The fourth-order valence-corrected chi connectivity index (χ4v) is 2.55. The van der Waals surface area contributed by atoms with Crippen LogP contribution in [0.4, 0.5) is 0 Å². The quantitative estimate of drug-likeness (QED) is 0.841. The Balaban J connectivity index is 2.80. The molecule has 0 heterocycles. The Morgan fingerprint density at radius 2 is 2.06 bits per heavy atom. The zero-order valence-electron chi connectivity index (χ0n) is 11.2. The summed E-state index contributed by atoms with van der Waals surface area (Å²) >= 11 is 1.96. The molecule has 3 heteroatoms. The second kappa shape index (κ2) is 6.92. The van der Waals surface area contributed by atoms with Gasteiger partial charge in [0.2, 0.25) is 0 Å². The van der Waals surface area contributed by atoms with Crippen molar-refractivity contribution in [3.63, 3.8) is 0 Å². The predicted molar refractivity (Wildman–Crippen MR) is 76.9 cm³/mol. The van der Waals surface area contributed by atoms with Crippen LogP contribution in [0, 0.1) is 0 Å². The number of hydrogen-bond acceptors (Lipinski definition) is 3. The molecule has 0 saturated carbocycles. The van der Waals surface area contributed by atoms with Gasteiger partial charge >= 0.3 is 0 Å². The summed E-state index contributed by atoms with van der Waals surface area (Å²) in [4.78, 5) is 2.07. The first-order valence-electron chi connectivity index (χ1n) is 6.08. The SMILES string of the molecule is CCSCC(C)c1ccc(O)c(CN(C)C)c1. The van der Waals surface area contributed by atoms with Crippen LogP contribution in [0.3, 0.4) is 0 Å². The van der Waals surface area contributed by atoms with Crippen molar-refractivity contribution < 1.29 is 5.11 Å². The number of rotatable bonds is 6. The normalized spacial score (nSPS) is 13.0. The molecule has 0 saturated heterocycles. The van der Waals surface area contributed by atoms with Crippen LogP contribution in [0.2, 0.25) is 0 Å². The topological polar surface area (TPSA) is 23.5 Å². The highest BCUT2D eigenvalue weighted by Gasteiger charge is 2.09. The van der Waals surface area contributed by atoms with Crippen molar-refractivity contribution in [3.05, 3.63) is 29.3 Å². The van der Waals surface area contributed by atoms with Crippen LogP contribution in [0.5, 0.6) is 5.75 Å². The molecule has 1 unspecified atom stereocenters. The predicted octanol–water partition coefficient (Wildman–Crippen LogP) is 3.31. The van der Waals surface area contributed by atoms with E-state index in [4.69, 9.17) is 0 Å². The van der Waals surface area contributed by atoms with Crippen molar-refractivity contribution in [1.82, 2.24) is 4.90 Å². The van der Waals surface area contributed by atoms with Crippen molar-refractivity contribution in [3.8, 4) is 5.75 Å². The van der Waals surface area contributed by atoms with Crippen molar-refractivity contribution >= 4 is 11.8 Å². The molecule has 1 atom stereocenters. The smallest absolute Gasteiger partial charge is 0.120 e. The number of aromatic hydroxyl groups is 1. The third-order valence-electron chi connectivity index (χ3n) is 2.73. The van der Waals surface area contributed by atoms with Crippen LogP contribution in [0.25, 0.3) is 0 Å². The minimum absolute atomic E-state index is 0.401. The average Bonchev–Trinajstić information content (AvgIpc) is 2.28. The van der Waals surface area contributed by atoms with Crippen LogP contribution in [-0.4, -0.2) is 35.6 Å². The highest BCUT2D eigenvalue weighted by atomic mass is 32.2. The maximum atomic E-state index is 9.81. The van der Waals surface area contributed by atoms with Crippen LogP contribution in [-0.2, 0) is 6.54 Å². The van der Waals surface area contributed by atoms with E-state index in [1.807, 2.05) is 38.0 Å². The van der Waals surface area contributed by atoms with Gasteiger partial charge in [0, 0.05) is 12.1 Å². The molecule has 2 nitrogen and oxygen atoms in total. The highest BCUT2D eigenvalue weighted by Crippen LogP contribution is 2.26. The average molecular weight is 253 g/mol. The lowest BCUT2D eigenvalue weighted by molar-refractivity contribution is 0.385. The van der Waals surface area contributed by atoms with E-state index in [1.165, 1.54) is 5.56 Å². The molecule has 0 radical (unpaired) electrons. The molecule has 0 amide bonds. The third-order valence-corrected chi connectivity index (χ3v) is 3.88. The molecule has 0 bridgehead atoms. The molecule has 1 aromatic carbocycles. The summed E-state index contributed by atoms with van der Waals surface area (Å²) < 4.78 is 0. The summed E-state index contributed by atoms with van der Waals surface area (Å²) in [6.45, 7) is 5.22. The van der Waals surface area contributed by atoms with Gasteiger partial charge in [0.15, 0.2) is 0 Å². The number of nitrogens with zero attached hydrogens (tertiary/aromatic N) is 1. The fourth-order valence-electron chi connectivity index (χ4n) is 1.77. The lowest BCUT2D eigenvalue weighted by atomic mass is 10.00. The third kappa shape index (κ3) is 4.60. The maximum Gasteiger partial charge on any atom is 0.120 e. The summed E-state index contributed by atoms with van der Waals surface area (Å²) in [6, 6.07) is 5.99. The lowest BCUT2D eigenvalue weighted by Crippen LogP contribution is -2.11. The maximum absolute atomic E-state index is 9.81. The Kier molecular flexibility index (Phi) is 5.86. The molecule has 1 aromatic rings. The molecular formula is C14H23NOS. The van der Waals surface area contributed by atoms with Gasteiger partial charge in [0.05, 0.1) is 0 Å². The van der Waals surface area contributed by atoms with E-state index in [9.17, 15) is 5.11 Å². The molecule has 0 aliphatic heterocycles. The molecule has 0 fully saturated rings. The van der Waals surface area contributed by atoms with Crippen LogP contribution >= 0.6 is 11.8 Å². The minimum Gasteiger partial charge on any atom is -0.508 e. The summed E-state index contributed by atoms with van der Waals surface area (Å²) in [5.74, 6) is 3.25. The van der Waals surface area contributed by atoms with Crippen LogP contribution in [0.1, 0.15) is 30.9 Å². The first-order valence-corrected chi connectivity index (χ1v) is 7.24. The number of thioether (sulfide) groups is 1. The van der Waals surface area contributed by atoms with Gasteiger partial charge in [0.1, 0.15) is 5.75 Å². The van der Waals surface area contributed by atoms with Crippen LogP contribution in [0.15, 0.2) is 18.2 Å². The van der Waals surface area contributed by atoms with E-state index in [0.717, 1.165) is 23.6 Å². The first kappa shape index (κ1) is 14.4. The molecule has 0 spiro atoms. The zero-order valence-corrected chi connectivity index (χ0v) is 12.0. The fraction of sp³-hybridized carbons (Fsp3) is 0.571. The summed E-state index contributed by atoms with van der Waals surface area (Å²) in [6.07, 6.45) is 0. The van der Waals surface area contributed by atoms with Crippen molar-refractivity contribution in [2.45, 2.75) is 26.3 Å². The summed E-state index contributed by atoms with van der Waals surface area (Å²) in [5, 5.41) is 9.81. The Hall–Kier alpha value is -0.670. The standard InChI is InChI=1S/C14H23NOS/c1-5-17-10-11(2)12-6-7-14(16)13(8-12)9-15(3)4/h6-8,11,16H,5,9-10H2,1-4H3. The van der Waals surface area contributed by atoms with Gasteiger partial charge < -0.3 is 10.0 Å². The number of phenolic OH excluding ortho intramolecular Hbond substituents is 1. The van der Waals surface area contributed by atoms with Crippen molar-refractivity contribution in [2.75, 3.05) is 25.6 Å². The number of benzene rings is 1. The Morgan fingerprint density at radius 3 is 2.65 bits per heavy atom. The Bertz CT molecular complexity index is 352. The van der Waals surface area contributed by atoms with Gasteiger partial charge in [-0.2, -0.15) is 11.8 Å². The summed E-state index contributed by atoms with van der Waals surface area (Å²) in [5.41, 5.74) is 2.33. The second-order valence-corrected chi connectivity index (χ2v) is 6.01. The zero-order chi connectivity index (χ0) is 12.8. The largest absolute Gasteiger partial charge is 0.508 e. The van der Waals surface area contributed by atoms with E-state index in [1.54, 1.807) is 0 Å². The lowest BCUT2D eigenvalue weighted by Gasteiger charge is -2.16. The Morgan fingerprint density at radius 1 is 1.35 bits per heavy atom. The van der Waals surface area contributed by atoms with E-state index in [-0.39, 0.29) is 0 Å². The van der Waals surface area contributed by atoms with Gasteiger partial charge in [-0.1, -0.05) is 26.0 Å². The van der Waals surface area contributed by atoms with Gasteiger partial charge in [0.25, 0.3) is 0 Å². The van der Waals surface area contributed by atoms with Crippen molar-refractivity contribution in [1.29, 1.82) is 0 Å². The Labute approximate surface area is 109 Å². The van der Waals surface area contributed by atoms with Crippen LogP contribution < -0.4 is 0 Å². The van der Waals surface area contributed by atoms with E-state index in [0.29, 0.717) is 11.7 Å². The molecule has 0 aromatic heterocycles. The first-order chi connectivity index (χ1) is 8.04. The molecule has 1 N–H and O–H groups in total. The number of phenols is 1. The van der Waals surface area contributed by atoms with Gasteiger partial charge in [-0.15, -0.1) is 0 Å². The molecule has 1 rings (SSSR count). The number of hydrogen-bond donors (Lipinski definition) is 1. The minimum atomic E-state index is 0.401. The molecule has 0 aliphatic rings. The molecule has 96 valence electrons. The highest BCUT2D eigenvalue weighted by molar-refractivity contribution is 7.99. The van der Waals surface area contributed by atoms with Gasteiger partial charge in [-0.25, -0.2) is 0 Å². The van der Waals surface area contributed by atoms with Gasteiger partial charge in [-0.05, 0) is 43.1 Å². The van der Waals surface area contributed by atoms with E-state index < -0.39 is 0 Å². The van der Waals surface area contributed by atoms with Gasteiger partial charge in [-0.3, -0.25) is 0 Å². The molecule has 0 aliphatic carbocycles. The monoisotopic (exact) mass is 253 g/mol. The summed E-state index contributed by atoms with van der Waals surface area (Å²) in [7, 11) is 4.03. The second-order valence-electron chi connectivity index (χ2n) is 4.69.